The maximum absolute atomic E-state index is 13.0. The fraction of sp³-hybridized carbons (Fsp3) is 0.812. The van der Waals surface area contributed by atoms with Gasteiger partial charge in [-0.3, -0.25) is 9.69 Å². The Balaban J connectivity index is 1.70. The summed E-state index contributed by atoms with van der Waals surface area (Å²) in [6, 6.07) is 0. The molecule has 116 valence electrons. The van der Waals surface area contributed by atoms with Crippen LogP contribution in [0.5, 0.6) is 0 Å². The van der Waals surface area contributed by atoms with Gasteiger partial charge in [0, 0.05) is 44.1 Å². The van der Waals surface area contributed by atoms with E-state index in [1.807, 2.05) is 4.90 Å². The van der Waals surface area contributed by atoms with Crippen LogP contribution in [0.3, 0.4) is 0 Å². The van der Waals surface area contributed by atoms with Gasteiger partial charge >= 0.3 is 0 Å². The van der Waals surface area contributed by atoms with Crippen LogP contribution in [0.25, 0.3) is 0 Å². The quantitative estimate of drug-likeness (QED) is 0.722. The van der Waals surface area contributed by atoms with Crippen LogP contribution in [0, 0.1) is 23.7 Å². The van der Waals surface area contributed by atoms with Gasteiger partial charge in [-0.25, -0.2) is 0 Å². The molecule has 5 heteroatoms. The highest BCUT2D eigenvalue weighted by Gasteiger charge is 2.71. The summed E-state index contributed by atoms with van der Waals surface area (Å²) in [5, 5.41) is 0. The molecule has 2 N–H and O–H groups in total. The van der Waals surface area contributed by atoms with Crippen molar-refractivity contribution in [3.05, 3.63) is 0 Å². The lowest BCUT2D eigenvalue weighted by Gasteiger charge is -2.62. The smallest absolute Gasteiger partial charge is 0.243 e. The Morgan fingerprint density at radius 2 is 2.05 bits per heavy atom. The van der Waals surface area contributed by atoms with E-state index < -0.39 is 5.54 Å². The van der Waals surface area contributed by atoms with Crippen molar-refractivity contribution < 1.29 is 9.53 Å². The van der Waals surface area contributed by atoms with Crippen LogP contribution in [-0.4, -0.2) is 66.7 Å². The van der Waals surface area contributed by atoms with Gasteiger partial charge in [-0.2, -0.15) is 0 Å². The van der Waals surface area contributed by atoms with Crippen molar-refractivity contribution in [2.75, 3.05) is 39.3 Å². The van der Waals surface area contributed by atoms with Crippen LogP contribution in [0.15, 0.2) is 0 Å². The second-order valence-corrected chi connectivity index (χ2v) is 7.05. The minimum absolute atomic E-state index is 0.0969. The zero-order valence-corrected chi connectivity index (χ0v) is 13.0. The number of nitrogens with zero attached hydrogens (tertiary/aromatic N) is 2. The van der Waals surface area contributed by atoms with E-state index in [0.717, 1.165) is 26.1 Å². The molecule has 3 fully saturated rings. The van der Waals surface area contributed by atoms with Gasteiger partial charge in [-0.05, 0) is 6.42 Å². The molecule has 3 unspecified atom stereocenters. The van der Waals surface area contributed by atoms with Crippen LogP contribution >= 0.6 is 0 Å². The van der Waals surface area contributed by atoms with Gasteiger partial charge in [0.2, 0.25) is 5.91 Å². The Hall–Kier alpha value is -1.09. The predicted octanol–water partition coefficient (Wildman–Crippen LogP) is -0.0938. The van der Waals surface area contributed by atoms with Gasteiger partial charge in [0.05, 0.1) is 12.6 Å². The summed E-state index contributed by atoms with van der Waals surface area (Å²) >= 11 is 0. The Morgan fingerprint density at radius 3 is 2.67 bits per heavy atom. The molecular weight excluding hydrogens is 266 g/mol. The Morgan fingerprint density at radius 1 is 1.38 bits per heavy atom. The van der Waals surface area contributed by atoms with Crippen molar-refractivity contribution in [2.45, 2.75) is 31.9 Å². The number of nitrogens with two attached hydrogens (primary N) is 1. The SMILES string of the molecule is C#CCN1CCN(C(=O)C2(N)C3CCOC3C2(C)C)CC1. The largest absolute Gasteiger partial charge is 0.377 e. The lowest BCUT2D eigenvalue weighted by molar-refractivity contribution is -0.185. The number of hydrogen-bond donors (Lipinski definition) is 1. The van der Waals surface area contributed by atoms with E-state index in [-0.39, 0.29) is 23.3 Å². The molecule has 3 atom stereocenters. The molecule has 0 spiro atoms. The Labute approximate surface area is 126 Å². The molecule has 0 radical (unpaired) electrons. The van der Waals surface area contributed by atoms with Crippen molar-refractivity contribution in [3.63, 3.8) is 0 Å². The van der Waals surface area contributed by atoms with E-state index in [9.17, 15) is 4.79 Å². The third-order valence-corrected chi connectivity index (χ3v) is 5.78. The normalized spacial score (nSPS) is 38.5. The zero-order chi connectivity index (χ0) is 15.3. The minimum Gasteiger partial charge on any atom is -0.377 e. The molecule has 21 heavy (non-hydrogen) atoms. The lowest BCUT2D eigenvalue weighted by atomic mass is 9.47. The van der Waals surface area contributed by atoms with Gasteiger partial charge in [0.15, 0.2) is 0 Å². The number of hydrogen-bond acceptors (Lipinski definition) is 4. The third kappa shape index (κ3) is 1.93. The summed E-state index contributed by atoms with van der Waals surface area (Å²) in [5.74, 6) is 2.93. The number of fused-ring (bicyclic) bond motifs is 1. The fourth-order valence-electron chi connectivity index (χ4n) is 4.32. The number of piperazine rings is 1. The summed E-state index contributed by atoms with van der Waals surface area (Å²) in [6.07, 6.45) is 6.37. The maximum atomic E-state index is 13.0. The molecule has 5 nitrogen and oxygen atoms in total. The highest BCUT2D eigenvalue weighted by molar-refractivity contribution is 5.89. The number of carbonyl (C=O) groups excluding carboxylic acids is 1. The first kappa shape index (κ1) is 14.8. The predicted molar refractivity (Wildman–Crippen MR) is 80.4 cm³/mol. The van der Waals surface area contributed by atoms with E-state index in [4.69, 9.17) is 16.9 Å². The van der Waals surface area contributed by atoms with Crippen LogP contribution in [0.1, 0.15) is 20.3 Å². The van der Waals surface area contributed by atoms with Crippen LogP contribution in [0.2, 0.25) is 0 Å². The average Bonchev–Trinajstić information content (AvgIpc) is 2.95. The van der Waals surface area contributed by atoms with E-state index >= 15 is 0 Å². The second kappa shape index (κ2) is 4.98. The Bertz CT molecular complexity index is 476. The highest BCUT2D eigenvalue weighted by atomic mass is 16.5. The fourth-order valence-corrected chi connectivity index (χ4v) is 4.32. The standard InChI is InChI=1S/C16H25N3O2/c1-4-6-18-7-9-19(10-8-18)14(20)16(17)12-5-11-21-13(12)15(16,2)3/h1,12-13H,5-11,17H2,2-3H3. The van der Waals surface area contributed by atoms with E-state index in [0.29, 0.717) is 19.6 Å². The molecule has 2 heterocycles. The summed E-state index contributed by atoms with van der Waals surface area (Å²) < 4.78 is 5.77. The van der Waals surface area contributed by atoms with Crippen molar-refractivity contribution in [3.8, 4) is 12.3 Å². The minimum atomic E-state index is -0.775. The number of carbonyl (C=O) groups is 1. The van der Waals surface area contributed by atoms with Gasteiger partial charge in [0.25, 0.3) is 0 Å². The van der Waals surface area contributed by atoms with Gasteiger partial charge < -0.3 is 15.4 Å². The molecule has 3 aliphatic rings. The average molecular weight is 291 g/mol. The molecule has 0 aromatic rings. The van der Waals surface area contributed by atoms with E-state index in [2.05, 4.69) is 24.7 Å². The first-order chi connectivity index (χ1) is 9.92. The molecule has 3 rings (SSSR count). The molecule has 0 aromatic carbocycles. The van der Waals surface area contributed by atoms with Crippen molar-refractivity contribution >= 4 is 5.91 Å². The molecule has 0 aromatic heterocycles. The molecule has 2 aliphatic heterocycles. The molecule has 0 bridgehead atoms. The molecule has 1 aliphatic carbocycles. The molecule has 2 saturated heterocycles. The van der Waals surface area contributed by atoms with Crippen molar-refractivity contribution in [1.29, 1.82) is 0 Å². The third-order valence-electron chi connectivity index (χ3n) is 5.78. The molecule has 1 saturated carbocycles. The first-order valence-electron chi connectivity index (χ1n) is 7.78. The van der Waals surface area contributed by atoms with Gasteiger partial charge in [-0.1, -0.05) is 19.8 Å². The number of amides is 1. The Kier molecular flexibility index (Phi) is 3.52. The van der Waals surface area contributed by atoms with Crippen LogP contribution in [-0.2, 0) is 9.53 Å². The van der Waals surface area contributed by atoms with Crippen LogP contribution in [0.4, 0.5) is 0 Å². The monoisotopic (exact) mass is 291 g/mol. The first-order valence-corrected chi connectivity index (χ1v) is 7.78. The highest BCUT2D eigenvalue weighted by Crippen LogP contribution is 2.58. The van der Waals surface area contributed by atoms with E-state index in [1.165, 1.54) is 0 Å². The lowest BCUT2D eigenvalue weighted by Crippen LogP contribution is -2.80. The molecule has 1 amide bonds. The number of ether oxygens (including phenoxy) is 1. The van der Waals surface area contributed by atoms with Crippen LogP contribution < -0.4 is 5.73 Å². The summed E-state index contributed by atoms with van der Waals surface area (Å²) in [6.45, 7) is 8.59. The van der Waals surface area contributed by atoms with Crippen molar-refractivity contribution in [2.24, 2.45) is 17.1 Å². The summed E-state index contributed by atoms with van der Waals surface area (Å²) in [7, 11) is 0. The van der Waals surface area contributed by atoms with Gasteiger partial charge in [0.1, 0.15) is 5.54 Å². The topological polar surface area (TPSA) is 58.8 Å². The van der Waals surface area contributed by atoms with Crippen molar-refractivity contribution in [1.82, 2.24) is 9.80 Å². The number of rotatable bonds is 2. The van der Waals surface area contributed by atoms with E-state index in [1.54, 1.807) is 0 Å². The second-order valence-electron chi connectivity index (χ2n) is 7.05. The summed E-state index contributed by atoms with van der Waals surface area (Å²) in [5.41, 5.74) is 5.55. The molecular formula is C16H25N3O2. The summed E-state index contributed by atoms with van der Waals surface area (Å²) in [4.78, 5) is 17.1. The maximum Gasteiger partial charge on any atom is 0.243 e. The van der Waals surface area contributed by atoms with Gasteiger partial charge in [-0.15, -0.1) is 6.42 Å². The number of terminal acetylenes is 1. The zero-order valence-electron chi connectivity index (χ0n) is 13.0.